The van der Waals surface area contributed by atoms with Crippen LogP contribution in [0.3, 0.4) is 0 Å². The SMILES string of the molecule is CCc1cccc(N/C(=C\C(=N)C(F)(F)F)C(=O)Nc2cccc(C(CCC3CC3)(OC)c3cccnc3)c2)c1. The molecule has 6 nitrogen and oxygen atoms in total. The number of hydrogen-bond acceptors (Lipinski definition) is 5. The van der Waals surface area contributed by atoms with Gasteiger partial charge in [0.1, 0.15) is 17.0 Å². The van der Waals surface area contributed by atoms with Gasteiger partial charge in [-0.15, -0.1) is 0 Å². The Bertz CT molecular complexity index is 1370. The van der Waals surface area contributed by atoms with E-state index in [0.717, 1.165) is 23.1 Å². The van der Waals surface area contributed by atoms with E-state index in [1.165, 1.54) is 12.8 Å². The summed E-state index contributed by atoms with van der Waals surface area (Å²) < 4.78 is 45.8. The summed E-state index contributed by atoms with van der Waals surface area (Å²) in [6.07, 6.45) is 3.83. The number of nitrogens with zero attached hydrogens (tertiary/aromatic N) is 1. The number of hydrogen-bond donors (Lipinski definition) is 3. The van der Waals surface area contributed by atoms with Gasteiger partial charge in [-0.1, -0.05) is 50.1 Å². The molecule has 40 heavy (non-hydrogen) atoms. The van der Waals surface area contributed by atoms with Crippen LogP contribution in [0, 0.1) is 11.3 Å². The minimum Gasteiger partial charge on any atom is -0.369 e. The Balaban J connectivity index is 1.65. The molecule has 210 valence electrons. The zero-order valence-corrected chi connectivity index (χ0v) is 22.5. The molecule has 1 atom stereocenters. The number of pyridine rings is 1. The Hall–Kier alpha value is -3.98. The van der Waals surface area contributed by atoms with Crippen molar-refractivity contribution < 1.29 is 22.7 Å². The van der Waals surface area contributed by atoms with Crippen LogP contribution < -0.4 is 10.6 Å². The summed E-state index contributed by atoms with van der Waals surface area (Å²) in [7, 11) is 1.64. The maximum Gasteiger partial charge on any atom is 0.432 e. The molecule has 1 heterocycles. The van der Waals surface area contributed by atoms with E-state index in [9.17, 15) is 18.0 Å². The molecule has 1 aliphatic carbocycles. The molecule has 3 aromatic rings. The van der Waals surface area contributed by atoms with Crippen molar-refractivity contribution in [1.29, 1.82) is 5.41 Å². The average Bonchev–Trinajstić information content (AvgIpc) is 3.78. The molecule has 1 fully saturated rings. The second-order valence-electron chi connectivity index (χ2n) is 9.94. The molecule has 9 heteroatoms. The highest BCUT2D eigenvalue weighted by Gasteiger charge is 2.37. The van der Waals surface area contributed by atoms with Crippen LogP contribution in [-0.4, -0.2) is 29.9 Å². The first-order chi connectivity index (χ1) is 19.1. The minimum atomic E-state index is -4.90. The molecule has 2 aromatic carbocycles. The van der Waals surface area contributed by atoms with Gasteiger partial charge in [-0.25, -0.2) is 0 Å². The van der Waals surface area contributed by atoms with Crippen LogP contribution in [0.4, 0.5) is 24.5 Å². The number of nitrogens with one attached hydrogen (secondary N) is 3. The molecule has 1 aliphatic rings. The van der Waals surface area contributed by atoms with E-state index in [4.69, 9.17) is 10.1 Å². The van der Waals surface area contributed by atoms with E-state index in [1.54, 1.807) is 55.9 Å². The van der Waals surface area contributed by atoms with Gasteiger partial charge in [-0.05, 0) is 72.7 Å². The number of aryl methyl sites for hydroxylation is 1. The lowest BCUT2D eigenvalue weighted by atomic mass is 9.82. The molecule has 0 saturated heterocycles. The summed E-state index contributed by atoms with van der Waals surface area (Å²) in [4.78, 5) is 17.6. The van der Waals surface area contributed by atoms with Crippen LogP contribution in [0.1, 0.15) is 49.3 Å². The van der Waals surface area contributed by atoms with Crippen molar-refractivity contribution in [2.75, 3.05) is 17.7 Å². The van der Waals surface area contributed by atoms with Crippen molar-refractivity contribution >= 4 is 23.0 Å². The third kappa shape index (κ3) is 7.15. The van der Waals surface area contributed by atoms with E-state index in [0.29, 0.717) is 36.2 Å². The van der Waals surface area contributed by atoms with Crippen molar-refractivity contribution in [3.63, 3.8) is 0 Å². The van der Waals surface area contributed by atoms with Gasteiger partial charge in [-0.2, -0.15) is 13.2 Å². The van der Waals surface area contributed by atoms with Gasteiger partial charge in [0.25, 0.3) is 5.91 Å². The monoisotopic (exact) mass is 550 g/mol. The predicted molar refractivity (Wildman–Crippen MR) is 150 cm³/mol. The lowest BCUT2D eigenvalue weighted by Crippen LogP contribution is -2.31. The van der Waals surface area contributed by atoms with Gasteiger partial charge in [-0.3, -0.25) is 15.2 Å². The number of aromatic nitrogens is 1. The highest BCUT2D eigenvalue weighted by atomic mass is 19.4. The molecule has 4 rings (SSSR count). The Kier molecular flexibility index (Phi) is 9.04. The minimum absolute atomic E-state index is 0.382. The van der Waals surface area contributed by atoms with Crippen LogP contribution in [0.25, 0.3) is 0 Å². The van der Waals surface area contributed by atoms with Crippen LogP contribution in [-0.2, 0) is 21.6 Å². The first-order valence-corrected chi connectivity index (χ1v) is 13.3. The number of halogens is 3. The number of allylic oxidation sites excluding steroid dienone is 1. The second kappa shape index (κ2) is 12.5. The standard InChI is InChI=1S/C31H33F3N4O2/c1-3-21-7-4-10-25(17-21)37-27(19-28(35)31(32,33)34)29(39)38-26-11-5-8-23(18-26)30(40-2,15-14-22-12-13-22)24-9-6-16-36-20-24/h4-11,16-20,22,35,37H,3,12-15H2,1-2H3,(H,38,39)/b27-19-,35-28?. The van der Waals surface area contributed by atoms with Gasteiger partial charge in [0.2, 0.25) is 0 Å². The predicted octanol–water partition coefficient (Wildman–Crippen LogP) is 7.24. The quantitative estimate of drug-likeness (QED) is 0.164. The summed E-state index contributed by atoms with van der Waals surface area (Å²) in [5, 5.41) is 12.9. The van der Waals surface area contributed by atoms with Gasteiger partial charge < -0.3 is 15.4 Å². The maximum absolute atomic E-state index is 13.3. The number of carbonyl (C=O) groups is 1. The number of methoxy groups -OCH3 is 1. The fraction of sp³-hybridized carbons (Fsp3) is 0.323. The second-order valence-corrected chi connectivity index (χ2v) is 9.94. The Labute approximate surface area is 232 Å². The number of alkyl halides is 3. The van der Waals surface area contributed by atoms with Crippen molar-refractivity contribution in [1.82, 2.24) is 4.98 Å². The highest BCUT2D eigenvalue weighted by molar-refractivity contribution is 6.11. The maximum atomic E-state index is 13.3. The Morgan fingerprint density at radius 3 is 2.38 bits per heavy atom. The largest absolute Gasteiger partial charge is 0.432 e. The summed E-state index contributed by atoms with van der Waals surface area (Å²) in [6, 6.07) is 17.9. The summed E-state index contributed by atoms with van der Waals surface area (Å²) in [5.41, 5.74) is 0.582. The van der Waals surface area contributed by atoms with E-state index in [2.05, 4.69) is 15.6 Å². The van der Waals surface area contributed by atoms with Gasteiger partial charge in [0.05, 0.1) is 0 Å². The number of ether oxygens (including phenoxy) is 1. The van der Waals surface area contributed by atoms with Gasteiger partial charge in [0.15, 0.2) is 0 Å². The Morgan fingerprint density at radius 1 is 1.05 bits per heavy atom. The number of benzene rings is 2. The summed E-state index contributed by atoms with van der Waals surface area (Å²) in [6.45, 7) is 1.95. The molecule has 0 aliphatic heterocycles. The lowest BCUT2D eigenvalue weighted by molar-refractivity contribution is -0.112. The van der Waals surface area contributed by atoms with E-state index in [-0.39, 0.29) is 0 Å². The molecule has 0 spiro atoms. The van der Waals surface area contributed by atoms with E-state index >= 15 is 0 Å². The summed E-state index contributed by atoms with van der Waals surface area (Å²) >= 11 is 0. The van der Waals surface area contributed by atoms with Gasteiger partial charge >= 0.3 is 6.18 Å². The smallest absolute Gasteiger partial charge is 0.369 e. The van der Waals surface area contributed by atoms with Gasteiger partial charge in [0, 0.05) is 36.4 Å². The fourth-order valence-electron chi connectivity index (χ4n) is 4.66. The lowest BCUT2D eigenvalue weighted by Gasteiger charge is -2.34. The molecule has 0 radical (unpaired) electrons. The number of rotatable bonds is 12. The molecule has 1 aromatic heterocycles. The summed E-state index contributed by atoms with van der Waals surface area (Å²) in [5.74, 6) is -0.154. The molecular weight excluding hydrogens is 517 g/mol. The first-order valence-electron chi connectivity index (χ1n) is 13.3. The molecule has 1 saturated carbocycles. The van der Waals surface area contributed by atoms with Crippen LogP contribution in [0.2, 0.25) is 0 Å². The van der Waals surface area contributed by atoms with Crippen molar-refractivity contribution in [2.24, 2.45) is 5.92 Å². The third-order valence-corrected chi connectivity index (χ3v) is 7.12. The van der Waals surface area contributed by atoms with Crippen molar-refractivity contribution in [3.05, 3.63) is 102 Å². The zero-order chi connectivity index (χ0) is 28.8. The molecule has 1 amide bonds. The van der Waals surface area contributed by atoms with Crippen LogP contribution >= 0.6 is 0 Å². The normalized spacial score (nSPS) is 15.3. The molecular formula is C31H33F3N4O2. The number of anilines is 2. The number of carbonyl (C=O) groups excluding carboxylic acids is 1. The topological polar surface area (TPSA) is 87.1 Å². The van der Waals surface area contributed by atoms with Crippen LogP contribution in [0.15, 0.2) is 84.8 Å². The highest BCUT2D eigenvalue weighted by Crippen LogP contribution is 2.43. The Morgan fingerprint density at radius 2 is 1.75 bits per heavy atom. The number of amides is 1. The van der Waals surface area contributed by atoms with Crippen molar-refractivity contribution in [3.8, 4) is 0 Å². The molecule has 1 unspecified atom stereocenters. The first kappa shape index (κ1) is 29.0. The zero-order valence-electron chi connectivity index (χ0n) is 22.5. The average molecular weight is 551 g/mol. The van der Waals surface area contributed by atoms with Crippen LogP contribution in [0.5, 0.6) is 0 Å². The fourth-order valence-corrected chi connectivity index (χ4v) is 4.66. The molecule has 0 bridgehead atoms. The van der Waals surface area contributed by atoms with E-state index < -0.39 is 29.1 Å². The molecule has 3 N–H and O–H groups in total. The van der Waals surface area contributed by atoms with E-state index in [1.807, 2.05) is 31.2 Å². The van der Waals surface area contributed by atoms with Crippen molar-refractivity contribution in [2.45, 2.75) is 50.8 Å². The third-order valence-electron chi connectivity index (χ3n) is 7.12.